The lowest BCUT2D eigenvalue weighted by atomic mass is 9.87. The predicted molar refractivity (Wildman–Crippen MR) is 63.8 cm³/mol. The van der Waals surface area contributed by atoms with E-state index in [0.717, 1.165) is 12.1 Å². The molecule has 0 bridgehead atoms. The lowest BCUT2D eigenvalue weighted by molar-refractivity contribution is -0.133. The van der Waals surface area contributed by atoms with Crippen LogP contribution in [0.15, 0.2) is 29.3 Å². The highest BCUT2D eigenvalue weighted by Crippen LogP contribution is 2.28. The molecule has 0 atom stereocenters. The van der Waals surface area contributed by atoms with Gasteiger partial charge in [0.15, 0.2) is 5.78 Å². The zero-order valence-corrected chi connectivity index (χ0v) is 10.1. The van der Waals surface area contributed by atoms with Gasteiger partial charge in [-0.05, 0) is 37.8 Å². The largest absolute Gasteiger partial charge is 0.478 e. The van der Waals surface area contributed by atoms with Gasteiger partial charge in [-0.1, -0.05) is 0 Å². The number of rotatable bonds is 3. The van der Waals surface area contributed by atoms with Gasteiger partial charge in [0.1, 0.15) is 11.6 Å². The number of carbonyl (C=O) groups is 2. The highest BCUT2D eigenvalue weighted by Gasteiger charge is 2.24. The minimum Gasteiger partial charge on any atom is -0.478 e. The van der Waals surface area contributed by atoms with Gasteiger partial charge >= 0.3 is 5.97 Å². The molecule has 1 aliphatic carbocycles. The van der Waals surface area contributed by atoms with Crippen LogP contribution in [0.5, 0.6) is 0 Å². The van der Waals surface area contributed by atoms with Crippen molar-refractivity contribution in [2.24, 2.45) is 0 Å². The second kappa shape index (κ2) is 5.30. The van der Waals surface area contributed by atoms with E-state index < -0.39 is 23.4 Å². The monoisotopic (exact) mass is 266 g/mol. The number of ketones is 1. The molecule has 5 heteroatoms. The Labute approximate surface area is 108 Å². The molecule has 0 saturated carbocycles. The summed E-state index contributed by atoms with van der Waals surface area (Å²) in [6.45, 7) is 0. The molecule has 1 aromatic carbocycles. The molecule has 0 amide bonds. The summed E-state index contributed by atoms with van der Waals surface area (Å²) in [5, 5.41) is 9.06. The minimum absolute atomic E-state index is 0.0564. The van der Waals surface area contributed by atoms with Crippen molar-refractivity contribution in [3.63, 3.8) is 0 Å². The molecule has 0 radical (unpaired) electrons. The third-order valence-corrected chi connectivity index (χ3v) is 3.12. The highest BCUT2D eigenvalue weighted by molar-refractivity contribution is 6.12. The van der Waals surface area contributed by atoms with E-state index in [1.165, 1.54) is 0 Å². The van der Waals surface area contributed by atoms with E-state index in [9.17, 15) is 18.4 Å². The van der Waals surface area contributed by atoms with Gasteiger partial charge in [-0.25, -0.2) is 13.6 Å². The van der Waals surface area contributed by atoms with E-state index >= 15 is 0 Å². The van der Waals surface area contributed by atoms with Gasteiger partial charge in [-0.3, -0.25) is 4.79 Å². The lowest BCUT2D eigenvalue weighted by Gasteiger charge is -2.16. The molecule has 0 saturated heterocycles. The van der Waals surface area contributed by atoms with Crippen molar-refractivity contribution in [1.82, 2.24) is 0 Å². The molecule has 3 nitrogen and oxygen atoms in total. The van der Waals surface area contributed by atoms with Crippen molar-refractivity contribution in [1.29, 1.82) is 0 Å². The van der Waals surface area contributed by atoms with E-state index in [0.29, 0.717) is 31.7 Å². The fourth-order valence-electron chi connectivity index (χ4n) is 2.25. The molecule has 0 fully saturated rings. The number of carboxylic acids is 1. The Morgan fingerprint density at radius 1 is 0.947 bits per heavy atom. The molecular formula is C14H12F2O3. The zero-order chi connectivity index (χ0) is 14.0. The van der Waals surface area contributed by atoms with Crippen molar-refractivity contribution in [3.8, 4) is 0 Å². The number of carboxylic acid groups (broad SMARTS) is 1. The van der Waals surface area contributed by atoms with Crippen LogP contribution in [0.25, 0.3) is 0 Å². The predicted octanol–water partition coefficient (Wildman–Crippen LogP) is 3.10. The standard InChI is InChI=1S/C14H12F2O3/c15-9-5-8(6-10(16)7-9)13(17)11-3-1-2-4-12(11)14(18)19/h5-7H,1-4H2,(H,18,19). The number of Topliss-reactive ketones (excluding diaryl/α,β-unsaturated/α-hetero) is 1. The average molecular weight is 266 g/mol. The number of hydrogen-bond donors (Lipinski definition) is 1. The molecule has 1 aliphatic rings. The SMILES string of the molecule is O=C(O)C1=C(C(=O)c2cc(F)cc(F)c2)CCCC1. The van der Waals surface area contributed by atoms with Gasteiger partial charge in [0.25, 0.3) is 0 Å². The molecule has 100 valence electrons. The molecule has 0 unspecified atom stereocenters. The average Bonchev–Trinajstić information content (AvgIpc) is 2.36. The number of aliphatic carboxylic acids is 1. The van der Waals surface area contributed by atoms with Gasteiger partial charge in [0, 0.05) is 22.8 Å². The summed E-state index contributed by atoms with van der Waals surface area (Å²) < 4.78 is 26.2. The third kappa shape index (κ3) is 2.86. The Morgan fingerprint density at radius 2 is 1.47 bits per heavy atom. The Morgan fingerprint density at radius 3 is 2.00 bits per heavy atom. The van der Waals surface area contributed by atoms with Crippen LogP contribution in [0.2, 0.25) is 0 Å². The second-order valence-electron chi connectivity index (χ2n) is 4.46. The van der Waals surface area contributed by atoms with Crippen LogP contribution in [-0.2, 0) is 4.79 Å². The molecule has 1 N–H and O–H groups in total. The first-order valence-electron chi connectivity index (χ1n) is 5.95. The number of carbonyl (C=O) groups excluding carboxylic acids is 1. The molecule has 0 spiro atoms. The first-order chi connectivity index (χ1) is 8.99. The van der Waals surface area contributed by atoms with Crippen LogP contribution in [0, 0.1) is 11.6 Å². The van der Waals surface area contributed by atoms with Crippen molar-refractivity contribution < 1.29 is 23.5 Å². The number of allylic oxidation sites excluding steroid dienone is 1. The second-order valence-corrected chi connectivity index (χ2v) is 4.46. The van der Waals surface area contributed by atoms with Crippen molar-refractivity contribution >= 4 is 11.8 Å². The van der Waals surface area contributed by atoms with E-state index in [1.807, 2.05) is 0 Å². The lowest BCUT2D eigenvalue weighted by Crippen LogP contribution is -2.16. The topological polar surface area (TPSA) is 54.4 Å². The van der Waals surface area contributed by atoms with Crippen LogP contribution in [0.1, 0.15) is 36.0 Å². The van der Waals surface area contributed by atoms with Gasteiger partial charge < -0.3 is 5.11 Å². The summed E-state index contributed by atoms with van der Waals surface area (Å²) in [7, 11) is 0. The van der Waals surface area contributed by atoms with Crippen LogP contribution in [0.3, 0.4) is 0 Å². The first kappa shape index (κ1) is 13.4. The van der Waals surface area contributed by atoms with Gasteiger partial charge in [-0.2, -0.15) is 0 Å². The molecule has 19 heavy (non-hydrogen) atoms. The summed E-state index contributed by atoms with van der Waals surface area (Å²) >= 11 is 0. The Kier molecular flexibility index (Phi) is 3.74. The summed E-state index contributed by atoms with van der Waals surface area (Å²) in [6, 6.07) is 2.52. The van der Waals surface area contributed by atoms with Crippen molar-refractivity contribution in [3.05, 3.63) is 46.5 Å². The summed E-state index contributed by atoms with van der Waals surface area (Å²) in [4.78, 5) is 23.2. The molecule has 0 aromatic heterocycles. The molecule has 0 heterocycles. The summed E-state index contributed by atoms with van der Waals surface area (Å²) in [5.74, 6) is -3.44. The molecule has 2 rings (SSSR count). The van der Waals surface area contributed by atoms with E-state index in [-0.39, 0.29) is 16.7 Å². The third-order valence-electron chi connectivity index (χ3n) is 3.12. The van der Waals surface area contributed by atoms with Crippen LogP contribution in [0.4, 0.5) is 8.78 Å². The van der Waals surface area contributed by atoms with Crippen LogP contribution < -0.4 is 0 Å². The van der Waals surface area contributed by atoms with Crippen LogP contribution in [-0.4, -0.2) is 16.9 Å². The fourth-order valence-corrected chi connectivity index (χ4v) is 2.25. The number of benzene rings is 1. The Hall–Kier alpha value is -2.04. The highest BCUT2D eigenvalue weighted by atomic mass is 19.1. The van der Waals surface area contributed by atoms with E-state index in [4.69, 9.17) is 5.11 Å². The molecule has 0 aliphatic heterocycles. The number of halogens is 2. The van der Waals surface area contributed by atoms with E-state index in [2.05, 4.69) is 0 Å². The van der Waals surface area contributed by atoms with Gasteiger partial charge in [0.2, 0.25) is 0 Å². The fraction of sp³-hybridized carbons (Fsp3) is 0.286. The number of hydrogen-bond acceptors (Lipinski definition) is 2. The molecule has 1 aromatic rings. The quantitative estimate of drug-likeness (QED) is 0.855. The smallest absolute Gasteiger partial charge is 0.331 e. The maximum absolute atomic E-state index is 13.1. The summed E-state index contributed by atoms with van der Waals surface area (Å²) in [6.07, 6.45) is 2.05. The van der Waals surface area contributed by atoms with E-state index in [1.54, 1.807) is 0 Å². The molecular weight excluding hydrogens is 254 g/mol. The zero-order valence-electron chi connectivity index (χ0n) is 10.1. The van der Waals surface area contributed by atoms with Gasteiger partial charge in [0.05, 0.1) is 0 Å². The minimum atomic E-state index is -1.14. The van der Waals surface area contributed by atoms with Crippen LogP contribution >= 0.6 is 0 Å². The van der Waals surface area contributed by atoms with Gasteiger partial charge in [-0.15, -0.1) is 0 Å². The maximum atomic E-state index is 13.1. The first-order valence-corrected chi connectivity index (χ1v) is 5.95. The Bertz CT molecular complexity index is 556. The normalized spacial score (nSPS) is 15.5. The maximum Gasteiger partial charge on any atom is 0.331 e. The van der Waals surface area contributed by atoms with Crippen molar-refractivity contribution in [2.45, 2.75) is 25.7 Å². The summed E-state index contributed by atoms with van der Waals surface area (Å²) in [5.41, 5.74) is 0.0674. The Balaban J connectivity index is 2.44. The van der Waals surface area contributed by atoms with Crippen molar-refractivity contribution in [2.75, 3.05) is 0 Å².